The number of nitrogens with zero attached hydrogens (tertiary/aromatic N) is 5. The van der Waals surface area contributed by atoms with Gasteiger partial charge in [-0.05, 0) is 33.4 Å². The van der Waals surface area contributed by atoms with Gasteiger partial charge in [0.1, 0.15) is 12.2 Å². The summed E-state index contributed by atoms with van der Waals surface area (Å²) in [5.74, 6) is 1.79. The van der Waals surface area contributed by atoms with Crippen molar-refractivity contribution >= 4 is 11.6 Å². The van der Waals surface area contributed by atoms with E-state index >= 15 is 0 Å². The summed E-state index contributed by atoms with van der Waals surface area (Å²) in [5, 5.41) is 4.30. The zero-order valence-corrected chi connectivity index (χ0v) is 12.7. The first-order valence-electron chi connectivity index (χ1n) is 7.09. The van der Waals surface area contributed by atoms with Crippen LogP contribution in [-0.4, -0.2) is 63.2 Å². The summed E-state index contributed by atoms with van der Waals surface area (Å²) in [5.41, 5.74) is 0. The smallest absolute Gasteiger partial charge is 0.141 e. The first-order chi connectivity index (χ1) is 9.20. The quantitative estimate of drug-likeness (QED) is 0.770. The predicted octanol–water partition coefficient (Wildman–Crippen LogP) is 1.61. The minimum absolute atomic E-state index is 0.372. The highest BCUT2D eigenvalue weighted by Gasteiger charge is 2.17. The average Bonchev–Trinajstić information content (AvgIpc) is 2.72. The van der Waals surface area contributed by atoms with E-state index in [0.717, 1.165) is 51.0 Å². The maximum absolute atomic E-state index is 5.82. The van der Waals surface area contributed by atoms with Gasteiger partial charge in [0.25, 0.3) is 0 Å². The normalized spacial score (nSPS) is 18.9. The van der Waals surface area contributed by atoms with Crippen molar-refractivity contribution < 1.29 is 0 Å². The Kier molecular flexibility index (Phi) is 5.60. The Hall–Kier alpha value is -0.650. The summed E-state index contributed by atoms with van der Waals surface area (Å²) in [6.07, 6.45) is 2.86. The molecule has 0 unspecified atom stereocenters. The van der Waals surface area contributed by atoms with Crippen molar-refractivity contribution in [2.24, 2.45) is 0 Å². The Morgan fingerprint density at radius 3 is 2.68 bits per heavy atom. The second kappa shape index (κ2) is 7.22. The lowest BCUT2D eigenvalue weighted by Gasteiger charge is -2.21. The largest absolute Gasteiger partial charge is 0.301 e. The van der Waals surface area contributed by atoms with Crippen molar-refractivity contribution in [1.29, 1.82) is 0 Å². The van der Waals surface area contributed by atoms with Gasteiger partial charge in [0.15, 0.2) is 0 Å². The van der Waals surface area contributed by atoms with Crippen LogP contribution in [0.15, 0.2) is 6.33 Å². The van der Waals surface area contributed by atoms with Gasteiger partial charge in [-0.15, -0.1) is 11.6 Å². The molecule has 1 fully saturated rings. The van der Waals surface area contributed by atoms with Gasteiger partial charge < -0.3 is 4.90 Å². The Labute approximate surface area is 120 Å². The summed E-state index contributed by atoms with van der Waals surface area (Å²) in [6.45, 7) is 10.6. The highest BCUT2D eigenvalue weighted by molar-refractivity contribution is 6.18. The van der Waals surface area contributed by atoms with Crippen molar-refractivity contribution in [3.05, 3.63) is 12.2 Å². The summed E-state index contributed by atoms with van der Waals surface area (Å²) in [4.78, 5) is 9.31. The summed E-state index contributed by atoms with van der Waals surface area (Å²) >= 11 is 5.82. The predicted molar refractivity (Wildman–Crippen MR) is 77.5 cm³/mol. The molecular weight excluding hydrogens is 262 g/mol. The lowest BCUT2D eigenvalue weighted by atomic mass is 10.3. The van der Waals surface area contributed by atoms with Gasteiger partial charge in [0.05, 0.1) is 6.54 Å². The third kappa shape index (κ3) is 4.16. The fourth-order valence-electron chi connectivity index (χ4n) is 2.54. The Morgan fingerprint density at radius 1 is 1.21 bits per heavy atom. The van der Waals surface area contributed by atoms with E-state index in [0.29, 0.717) is 6.04 Å². The molecule has 0 bridgehead atoms. The number of alkyl halides is 1. The molecule has 0 spiro atoms. The molecule has 108 valence electrons. The van der Waals surface area contributed by atoms with Gasteiger partial charge in [0.2, 0.25) is 0 Å². The molecule has 1 saturated heterocycles. The van der Waals surface area contributed by atoms with E-state index in [2.05, 4.69) is 33.7 Å². The van der Waals surface area contributed by atoms with Crippen LogP contribution in [0.2, 0.25) is 0 Å². The molecule has 1 aromatic rings. The molecule has 0 atom stereocenters. The zero-order valence-electron chi connectivity index (χ0n) is 11.9. The maximum Gasteiger partial charge on any atom is 0.141 e. The Balaban J connectivity index is 1.90. The monoisotopic (exact) mass is 285 g/mol. The molecule has 0 N–H and O–H groups in total. The minimum atomic E-state index is 0.372. The fraction of sp³-hybridized carbons (Fsp3) is 0.846. The number of rotatable bonds is 5. The molecule has 19 heavy (non-hydrogen) atoms. The third-order valence-electron chi connectivity index (χ3n) is 3.58. The van der Waals surface area contributed by atoms with E-state index in [-0.39, 0.29) is 0 Å². The molecule has 2 heterocycles. The van der Waals surface area contributed by atoms with Crippen LogP contribution in [0, 0.1) is 0 Å². The molecule has 1 aliphatic heterocycles. The molecule has 0 radical (unpaired) electrons. The van der Waals surface area contributed by atoms with Crippen LogP contribution < -0.4 is 0 Å². The van der Waals surface area contributed by atoms with Gasteiger partial charge in [-0.1, -0.05) is 0 Å². The fourth-order valence-corrected chi connectivity index (χ4v) is 2.78. The number of hydrogen-bond donors (Lipinski definition) is 0. The number of aromatic nitrogens is 3. The van der Waals surface area contributed by atoms with Crippen molar-refractivity contribution in [3.63, 3.8) is 0 Å². The van der Waals surface area contributed by atoms with Crippen LogP contribution in [-0.2, 0) is 6.54 Å². The van der Waals surface area contributed by atoms with Crippen LogP contribution in [0.3, 0.4) is 0 Å². The molecule has 6 heteroatoms. The summed E-state index contributed by atoms with van der Waals surface area (Å²) in [7, 11) is 0. The van der Waals surface area contributed by atoms with E-state index in [9.17, 15) is 0 Å². The van der Waals surface area contributed by atoms with E-state index in [1.807, 2.05) is 4.68 Å². The van der Waals surface area contributed by atoms with Gasteiger partial charge in [-0.25, -0.2) is 9.67 Å². The van der Waals surface area contributed by atoms with E-state index < -0.39 is 0 Å². The van der Waals surface area contributed by atoms with E-state index in [4.69, 9.17) is 11.6 Å². The van der Waals surface area contributed by atoms with Crippen molar-refractivity contribution in [2.45, 2.75) is 32.9 Å². The van der Waals surface area contributed by atoms with Crippen molar-refractivity contribution in [1.82, 2.24) is 24.6 Å². The first-order valence-corrected chi connectivity index (χ1v) is 7.63. The number of halogens is 1. The standard InChI is InChI=1S/C13H24ClN5/c1-12(2)19-13(15-11-16-19)10-18-6-3-5-17(7-4-14)8-9-18/h11-12H,3-10H2,1-2H3. The van der Waals surface area contributed by atoms with E-state index in [1.165, 1.54) is 6.42 Å². The topological polar surface area (TPSA) is 37.2 Å². The van der Waals surface area contributed by atoms with Crippen LogP contribution in [0.4, 0.5) is 0 Å². The summed E-state index contributed by atoms with van der Waals surface area (Å²) < 4.78 is 2.02. The minimum Gasteiger partial charge on any atom is -0.301 e. The lowest BCUT2D eigenvalue weighted by Crippen LogP contribution is -2.32. The second-order valence-corrected chi connectivity index (χ2v) is 5.75. The molecule has 2 rings (SSSR count). The molecule has 0 amide bonds. The van der Waals surface area contributed by atoms with Crippen LogP contribution in [0.1, 0.15) is 32.1 Å². The van der Waals surface area contributed by atoms with Gasteiger partial charge in [0, 0.05) is 31.6 Å². The van der Waals surface area contributed by atoms with Crippen molar-refractivity contribution in [3.8, 4) is 0 Å². The molecule has 0 aliphatic carbocycles. The summed E-state index contributed by atoms with van der Waals surface area (Å²) in [6, 6.07) is 0.372. The second-order valence-electron chi connectivity index (χ2n) is 5.37. The Morgan fingerprint density at radius 2 is 1.95 bits per heavy atom. The molecule has 0 aromatic carbocycles. The first kappa shape index (κ1) is 14.8. The molecule has 5 nitrogen and oxygen atoms in total. The van der Waals surface area contributed by atoms with Gasteiger partial charge >= 0.3 is 0 Å². The van der Waals surface area contributed by atoms with Crippen LogP contribution in [0.25, 0.3) is 0 Å². The van der Waals surface area contributed by atoms with Gasteiger partial charge in [-0.2, -0.15) is 5.10 Å². The molecule has 1 aliphatic rings. The third-order valence-corrected chi connectivity index (χ3v) is 3.75. The lowest BCUT2D eigenvalue weighted by molar-refractivity contribution is 0.248. The molecular formula is C13H24ClN5. The SMILES string of the molecule is CC(C)n1ncnc1CN1CCCN(CCCl)CC1. The van der Waals surface area contributed by atoms with Crippen molar-refractivity contribution in [2.75, 3.05) is 38.6 Å². The van der Waals surface area contributed by atoms with E-state index in [1.54, 1.807) is 6.33 Å². The zero-order chi connectivity index (χ0) is 13.7. The molecule has 0 saturated carbocycles. The highest BCUT2D eigenvalue weighted by atomic mass is 35.5. The maximum atomic E-state index is 5.82. The van der Waals surface area contributed by atoms with Crippen LogP contribution in [0.5, 0.6) is 0 Å². The molecule has 1 aromatic heterocycles. The number of hydrogen-bond acceptors (Lipinski definition) is 4. The highest BCUT2D eigenvalue weighted by Crippen LogP contribution is 2.10. The Bertz CT molecular complexity index is 379. The van der Waals surface area contributed by atoms with Crippen LogP contribution >= 0.6 is 11.6 Å². The average molecular weight is 286 g/mol. The van der Waals surface area contributed by atoms with Gasteiger partial charge in [-0.3, -0.25) is 4.90 Å².